The lowest BCUT2D eigenvalue weighted by Crippen LogP contribution is -2.50. The van der Waals surface area contributed by atoms with Crippen LogP contribution in [-0.4, -0.2) is 71.4 Å². The van der Waals surface area contributed by atoms with E-state index in [2.05, 4.69) is 16.1 Å². The maximum absolute atomic E-state index is 14.2. The maximum atomic E-state index is 14.2. The van der Waals surface area contributed by atoms with Crippen LogP contribution < -0.4 is 20.8 Å². The molecule has 38 heavy (non-hydrogen) atoms. The fourth-order valence-electron chi connectivity index (χ4n) is 4.33. The van der Waals surface area contributed by atoms with Gasteiger partial charge in [-0.05, 0) is 36.2 Å². The molecule has 0 aromatic heterocycles. The van der Waals surface area contributed by atoms with E-state index in [4.69, 9.17) is 9.47 Å². The van der Waals surface area contributed by atoms with E-state index in [1.54, 1.807) is 6.07 Å². The van der Waals surface area contributed by atoms with Gasteiger partial charge in [0.25, 0.3) is 0 Å². The number of carboxylic acids is 2. The van der Waals surface area contributed by atoms with E-state index in [-0.39, 0.29) is 79.8 Å². The second kappa shape index (κ2) is 12.0. The summed E-state index contributed by atoms with van der Waals surface area (Å²) < 4.78 is 25.1. The number of nitrogens with one attached hydrogen (secondary N) is 3. The lowest BCUT2D eigenvalue weighted by atomic mass is 10.0. The standard InChI is InChI=1S/C25H27FN4O8/c26-17-5-4-14-12-20(17)38-11-10-37-9-8-30(22(14)25(35)36)29-18-3-1-2-15(24(33)34)16(18)13-27-19-6-7-21(31)28-23(19)32/h1-5,12,19,22,27,29H,6-11,13H2,(H,33,34)(H,35,36)(H,28,31,32). The molecule has 5 N–H and O–H groups in total. The molecule has 1 saturated heterocycles. The molecule has 0 aliphatic carbocycles. The van der Waals surface area contributed by atoms with Crippen molar-refractivity contribution in [1.82, 2.24) is 15.6 Å². The Balaban J connectivity index is 1.67. The number of hydrazine groups is 1. The van der Waals surface area contributed by atoms with E-state index < -0.39 is 35.7 Å². The summed E-state index contributed by atoms with van der Waals surface area (Å²) >= 11 is 0. The first kappa shape index (κ1) is 27.0. The number of halogens is 1. The smallest absolute Gasteiger partial charge is 0.336 e. The van der Waals surface area contributed by atoms with Crippen LogP contribution in [0.5, 0.6) is 5.75 Å². The summed E-state index contributed by atoms with van der Waals surface area (Å²) in [6.45, 7) is 0.322. The van der Waals surface area contributed by atoms with Crippen molar-refractivity contribution in [1.29, 1.82) is 0 Å². The monoisotopic (exact) mass is 530 g/mol. The van der Waals surface area contributed by atoms with Gasteiger partial charge < -0.3 is 30.4 Å². The average Bonchev–Trinajstić information content (AvgIpc) is 2.89. The summed E-state index contributed by atoms with van der Waals surface area (Å²) in [5, 5.41) is 26.5. The van der Waals surface area contributed by atoms with Crippen molar-refractivity contribution in [3.8, 4) is 5.75 Å². The largest absolute Gasteiger partial charge is 0.488 e. The molecule has 2 aliphatic heterocycles. The molecule has 202 valence electrons. The Morgan fingerprint density at radius 3 is 2.68 bits per heavy atom. The summed E-state index contributed by atoms with van der Waals surface area (Å²) in [6, 6.07) is 6.23. The van der Waals surface area contributed by atoms with E-state index in [9.17, 15) is 33.8 Å². The third kappa shape index (κ3) is 6.25. The number of hydrogen-bond acceptors (Lipinski definition) is 9. The first-order valence-electron chi connectivity index (χ1n) is 11.9. The number of anilines is 1. The minimum atomic E-state index is -1.32. The molecule has 2 unspecified atom stereocenters. The van der Waals surface area contributed by atoms with Crippen molar-refractivity contribution >= 4 is 29.4 Å². The molecule has 2 aromatic rings. The van der Waals surface area contributed by atoms with Gasteiger partial charge in [-0.25, -0.2) is 14.2 Å². The molecular weight excluding hydrogens is 503 g/mol. The molecule has 2 atom stereocenters. The normalized spacial score (nSPS) is 20.6. The lowest BCUT2D eigenvalue weighted by molar-refractivity contribution is -0.143. The van der Waals surface area contributed by atoms with Crippen molar-refractivity contribution in [3.05, 3.63) is 58.9 Å². The average molecular weight is 531 g/mol. The third-order valence-corrected chi connectivity index (χ3v) is 6.21. The molecule has 2 amide bonds. The minimum Gasteiger partial charge on any atom is -0.488 e. The molecule has 1 fully saturated rings. The number of piperidine rings is 1. The predicted octanol–water partition coefficient (Wildman–Crippen LogP) is 1.28. The highest BCUT2D eigenvalue weighted by Crippen LogP contribution is 2.30. The number of benzene rings is 2. The Morgan fingerprint density at radius 2 is 1.95 bits per heavy atom. The quantitative estimate of drug-likeness (QED) is 0.327. The Kier molecular flexibility index (Phi) is 8.51. The second-order valence-corrected chi connectivity index (χ2v) is 8.72. The Hall–Kier alpha value is -4.07. The number of aromatic carboxylic acids is 1. The van der Waals surface area contributed by atoms with E-state index in [1.165, 1.54) is 29.3 Å². The highest BCUT2D eigenvalue weighted by Gasteiger charge is 2.31. The van der Waals surface area contributed by atoms with Crippen LogP contribution >= 0.6 is 0 Å². The van der Waals surface area contributed by atoms with Gasteiger partial charge >= 0.3 is 11.9 Å². The zero-order valence-corrected chi connectivity index (χ0v) is 20.2. The number of imide groups is 1. The lowest BCUT2D eigenvalue weighted by Gasteiger charge is -2.31. The van der Waals surface area contributed by atoms with E-state index in [0.29, 0.717) is 0 Å². The van der Waals surface area contributed by atoms with Crippen LogP contribution in [0.3, 0.4) is 0 Å². The van der Waals surface area contributed by atoms with E-state index in [1.807, 2.05) is 0 Å². The summed E-state index contributed by atoms with van der Waals surface area (Å²) in [4.78, 5) is 48.1. The van der Waals surface area contributed by atoms with Crippen LogP contribution in [0.2, 0.25) is 0 Å². The zero-order valence-electron chi connectivity index (χ0n) is 20.2. The number of aliphatic carboxylic acids is 1. The molecule has 0 radical (unpaired) electrons. The molecule has 0 spiro atoms. The molecule has 0 saturated carbocycles. The van der Waals surface area contributed by atoms with Gasteiger partial charge in [-0.3, -0.25) is 19.7 Å². The first-order chi connectivity index (χ1) is 18.2. The van der Waals surface area contributed by atoms with Crippen molar-refractivity contribution in [2.45, 2.75) is 31.5 Å². The van der Waals surface area contributed by atoms with Gasteiger partial charge in [-0.2, -0.15) is 0 Å². The molecule has 4 rings (SSSR count). The summed E-state index contributed by atoms with van der Waals surface area (Å²) in [5.74, 6) is -4.10. The molecule has 2 aliphatic rings. The number of hydrogen-bond donors (Lipinski definition) is 5. The first-order valence-corrected chi connectivity index (χ1v) is 11.9. The molecule has 2 aromatic carbocycles. The summed E-state index contributed by atoms with van der Waals surface area (Å²) in [6.07, 6.45) is 0.398. The van der Waals surface area contributed by atoms with Crippen LogP contribution in [0.15, 0.2) is 36.4 Å². The van der Waals surface area contributed by atoms with Crippen LogP contribution in [-0.2, 0) is 25.7 Å². The number of carboxylic acid groups (broad SMARTS) is 2. The number of carbonyl (C=O) groups is 4. The zero-order chi connectivity index (χ0) is 27.2. The number of carbonyl (C=O) groups excluding carboxylic acids is 2. The van der Waals surface area contributed by atoms with Gasteiger partial charge in [-0.15, -0.1) is 0 Å². The number of amides is 2. The topological polar surface area (TPSA) is 167 Å². The SMILES string of the molecule is O=C1CCC(NCc2c(NN3CCOCCOc4cc(ccc4F)C3C(=O)O)cccc2C(=O)O)C(=O)N1. The van der Waals surface area contributed by atoms with E-state index >= 15 is 0 Å². The number of rotatable bonds is 7. The Labute approximate surface area is 216 Å². The number of fused-ring (bicyclic) bond motifs is 2. The van der Waals surface area contributed by atoms with Crippen LogP contribution in [0.25, 0.3) is 0 Å². The summed E-state index contributed by atoms with van der Waals surface area (Å²) in [5.41, 5.74) is 3.75. The van der Waals surface area contributed by atoms with E-state index in [0.717, 1.165) is 6.07 Å². The Bertz CT molecular complexity index is 1240. The van der Waals surface area contributed by atoms with Gasteiger partial charge in [-0.1, -0.05) is 12.1 Å². The van der Waals surface area contributed by atoms with Gasteiger partial charge in [0.2, 0.25) is 11.8 Å². The highest BCUT2D eigenvalue weighted by atomic mass is 19.1. The fraction of sp³-hybridized carbons (Fsp3) is 0.360. The molecule has 2 bridgehead atoms. The molecule has 2 heterocycles. The van der Waals surface area contributed by atoms with Gasteiger partial charge in [0.05, 0.1) is 30.5 Å². The predicted molar refractivity (Wildman–Crippen MR) is 130 cm³/mol. The van der Waals surface area contributed by atoms with Crippen molar-refractivity contribution in [3.63, 3.8) is 0 Å². The van der Waals surface area contributed by atoms with Crippen molar-refractivity contribution < 1.29 is 43.3 Å². The van der Waals surface area contributed by atoms with Crippen LogP contribution in [0.1, 0.15) is 40.4 Å². The number of nitrogens with zero attached hydrogens (tertiary/aromatic N) is 1. The van der Waals surface area contributed by atoms with Gasteiger partial charge in [0.15, 0.2) is 17.6 Å². The second-order valence-electron chi connectivity index (χ2n) is 8.72. The number of ether oxygens (including phenoxy) is 2. The van der Waals surface area contributed by atoms with Crippen molar-refractivity contribution in [2.75, 3.05) is 31.8 Å². The third-order valence-electron chi connectivity index (χ3n) is 6.21. The van der Waals surface area contributed by atoms with Gasteiger partial charge in [0, 0.05) is 25.1 Å². The van der Waals surface area contributed by atoms with Crippen molar-refractivity contribution in [2.24, 2.45) is 0 Å². The molecular formula is C25H27FN4O8. The van der Waals surface area contributed by atoms with Gasteiger partial charge in [0.1, 0.15) is 6.61 Å². The fourth-order valence-corrected chi connectivity index (χ4v) is 4.33. The van der Waals surface area contributed by atoms with Crippen LogP contribution in [0, 0.1) is 5.82 Å². The van der Waals surface area contributed by atoms with Crippen LogP contribution in [0.4, 0.5) is 10.1 Å². The molecule has 13 heteroatoms. The highest BCUT2D eigenvalue weighted by molar-refractivity contribution is 6.00. The Morgan fingerprint density at radius 1 is 1.13 bits per heavy atom. The maximum Gasteiger partial charge on any atom is 0.336 e. The molecule has 12 nitrogen and oxygen atoms in total. The minimum absolute atomic E-state index is 0.0618. The summed E-state index contributed by atoms with van der Waals surface area (Å²) in [7, 11) is 0.